The minimum atomic E-state index is -1.19. The lowest BCUT2D eigenvalue weighted by Crippen LogP contribution is -2.45. The summed E-state index contributed by atoms with van der Waals surface area (Å²) in [7, 11) is 0. The van der Waals surface area contributed by atoms with Crippen molar-refractivity contribution < 1.29 is 13.9 Å². The molecule has 106 valence electrons. The van der Waals surface area contributed by atoms with Gasteiger partial charge in [-0.25, -0.2) is 8.78 Å². The van der Waals surface area contributed by atoms with Crippen molar-refractivity contribution in [1.29, 1.82) is 0 Å². The van der Waals surface area contributed by atoms with Crippen molar-refractivity contribution in [3.63, 3.8) is 0 Å². The Kier molecular flexibility index (Phi) is 3.69. The molecule has 0 heterocycles. The maximum absolute atomic E-state index is 14.0. The topological polar surface area (TPSA) is 20.2 Å². The van der Waals surface area contributed by atoms with Crippen molar-refractivity contribution in [3.8, 4) is 0 Å². The SMILES string of the molecule is CC(C)(C)C1CCCCC1(O)c1ccc(F)cc1F. The van der Waals surface area contributed by atoms with Gasteiger partial charge in [0.25, 0.3) is 0 Å². The van der Waals surface area contributed by atoms with Crippen LogP contribution in [0, 0.1) is 23.0 Å². The zero-order valence-corrected chi connectivity index (χ0v) is 11.8. The number of aliphatic hydroxyl groups is 1. The molecule has 0 aromatic heterocycles. The second-order valence-electron chi connectivity index (χ2n) is 6.71. The quantitative estimate of drug-likeness (QED) is 0.801. The third-order valence-corrected chi connectivity index (χ3v) is 4.32. The predicted octanol–water partition coefficient (Wildman–Crippen LogP) is 4.39. The van der Waals surface area contributed by atoms with Crippen LogP contribution in [-0.4, -0.2) is 5.11 Å². The van der Waals surface area contributed by atoms with Crippen LogP contribution in [0.2, 0.25) is 0 Å². The summed E-state index contributed by atoms with van der Waals surface area (Å²) in [6.45, 7) is 6.19. The molecular formula is C16H22F2O. The van der Waals surface area contributed by atoms with Crippen LogP contribution >= 0.6 is 0 Å². The van der Waals surface area contributed by atoms with Crippen molar-refractivity contribution in [2.45, 2.75) is 52.1 Å². The third-order valence-electron chi connectivity index (χ3n) is 4.32. The maximum atomic E-state index is 14.0. The molecule has 1 aliphatic rings. The predicted molar refractivity (Wildman–Crippen MR) is 71.7 cm³/mol. The first kappa shape index (κ1) is 14.4. The first-order chi connectivity index (χ1) is 8.75. The van der Waals surface area contributed by atoms with E-state index in [-0.39, 0.29) is 16.9 Å². The molecule has 0 saturated heterocycles. The largest absolute Gasteiger partial charge is 0.385 e. The molecular weight excluding hydrogens is 246 g/mol. The molecule has 0 spiro atoms. The molecule has 1 fully saturated rings. The summed E-state index contributed by atoms with van der Waals surface area (Å²) >= 11 is 0. The summed E-state index contributed by atoms with van der Waals surface area (Å²) in [5, 5.41) is 11.0. The Bertz CT molecular complexity index is 464. The molecule has 0 amide bonds. The van der Waals surface area contributed by atoms with E-state index in [0.29, 0.717) is 6.42 Å². The Balaban J connectivity index is 2.48. The molecule has 2 rings (SSSR count). The van der Waals surface area contributed by atoms with Crippen LogP contribution in [0.1, 0.15) is 52.0 Å². The normalized spacial score (nSPS) is 28.4. The van der Waals surface area contributed by atoms with Crippen LogP contribution in [0.3, 0.4) is 0 Å². The second-order valence-corrected chi connectivity index (χ2v) is 6.71. The zero-order chi connectivity index (χ0) is 14.3. The van der Waals surface area contributed by atoms with E-state index < -0.39 is 17.2 Å². The molecule has 1 aliphatic carbocycles. The van der Waals surface area contributed by atoms with Gasteiger partial charge in [-0.05, 0) is 30.2 Å². The van der Waals surface area contributed by atoms with Gasteiger partial charge in [0.05, 0.1) is 5.60 Å². The molecule has 0 aliphatic heterocycles. The summed E-state index contributed by atoms with van der Waals surface area (Å²) in [4.78, 5) is 0. The highest BCUT2D eigenvalue weighted by Crippen LogP contribution is 2.50. The van der Waals surface area contributed by atoms with Crippen LogP contribution in [-0.2, 0) is 5.60 Å². The van der Waals surface area contributed by atoms with Crippen molar-refractivity contribution in [2.24, 2.45) is 11.3 Å². The van der Waals surface area contributed by atoms with Gasteiger partial charge in [0, 0.05) is 11.6 Å². The van der Waals surface area contributed by atoms with E-state index in [1.165, 1.54) is 12.1 Å². The first-order valence-electron chi connectivity index (χ1n) is 6.93. The van der Waals surface area contributed by atoms with Crippen LogP contribution in [0.15, 0.2) is 18.2 Å². The van der Waals surface area contributed by atoms with E-state index in [4.69, 9.17) is 0 Å². The van der Waals surface area contributed by atoms with Gasteiger partial charge in [0.15, 0.2) is 0 Å². The second kappa shape index (κ2) is 4.86. The van der Waals surface area contributed by atoms with E-state index in [9.17, 15) is 13.9 Å². The standard InChI is InChI=1S/C16H22F2O/c1-15(2,3)14-6-4-5-9-16(14,19)12-8-7-11(17)10-13(12)18/h7-8,10,14,19H,4-6,9H2,1-3H3. The minimum absolute atomic E-state index is 0.0197. The van der Waals surface area contributed by atoms with Gasteiger partial charge in [0.2, 0.25) is 0 Å². The van der Waals surface area contributed by atoms with E-state index in [1.54, 1.807) is 0 Å². The number of hydrogen-bond donors (Lipinski definition) is 1. The summed E-state index contributed by atoms with van der Waals surface area (Å²) in [5.41, 5.74) is -1.06. The van der Waals surface area contributed by atoms with Crippen molar-refractivity contribution in [3.05, 3.63) is 35.4 Å². The highest BCUT2D eigenvalue weighted by Gasteiger charge is 2.47. The zero-order valence-electron chi connectivity index (χ0n) is 11.8. The summed E-state index contributed by atoms with van der Waals surface area (Å²) in [6, 6.07) is 3.49. The smallest absolute Gasteiger partial charge is 0.132 e. The Morgan fingerprint density at radius 3 is 2.47 bits per heavy atom. The lowest BCUT2D eigenvalue weighted by molar-refractivity contribution is -0.0980. The van der Waals surface area contributed by atoms with Gasteiger partial charge in [-0.1, -0.05) is 39.7 Å². The lowest BCUT2D eigenvalue weighted by Gasteiger charge is -2.47. The van der Waals surface area contributed by atoms with Gasteiger partial charge in [-0.15, -0.1) is 0 Å². The fourth-order valence-electron chi connectivity index (χ4n) is 3.47. The Morgan fingerprint density at radius 2 is 1.89 bits per heavy atom. The monoisotopic (exact) mass is 268 g/mol. The summed E-state index contributed by atoms with van der Waals surface area (Å²) in [5.74, 6) is -1.26. The molecule has 2 unspecified atom stereocenters. The fourth-order valence-corrected chi connectivity index (χ4v) is 3.47. The van der Waals surface area contributed by atoms with Crippen LogP contribution < -0.4 is 0 Å². The molecule has 1 aromatic carbocycles. The highest BCUT2D eigenvalue weighted by atomic mass is 19.1. The highest BCUT2D eigenvalue weighted by molar-refractivity contribution is 5.27. The van der Waals surface area contributed by atoms with Crippen molar-refractivity contribution >= 4 is 0 Å². The van der Waals surface area contributed by atoms with Gasteiger partial charge in [-0.3, -0.25) is 0 Å². The van der Waals surface area contributed by atoms with E-state index >= 15 is 0 Å². The Hall–Kier alpha value is -0.960. The fraction of sp³-hybridized carbons (Fsp3) is 0.625. The van der Waals surface area contributed by atoms with Crippen LogP contribution in [0.25, 0.3) is 0 Å². The minimum Gasteiger partial charge on any atom is -0.385 e. The molecule has 1 aromatic rings. The van der Waals surface area contributed by atoms with Crippen LogP contribution in [0.5, 0.6) is 0 Å². The maximum Gasteiger partial charge on any atom is 0.132 e. The van der Waals surface area contributed by atoms with Crippen LogP contribution in [0.4, 0.5) is 8.78 Å². The van der Waals surface area contributed by atoms with Crippen molar-refractivity contribution in [2.75, 3.05) is 0 Å². The first-order valence-corrected chi connectivity index (χ1v) is 6.93. The van der Waals surface area contributed by atoms with E-state index in [1.807, 2.05) is 0 Å². The average Bonchev–Trinajstić information content (AvgIpc) is 2.27. The van der Waals surface area contributed by atoms with E-state index in [0.717, 1.165) is 25.3 Å². The van der Waals surface area contributed by atoms with E-state index in [2.05, 4.69) is 20.8 Å². The molecule has 3 heteroatoms. The molecule has 0 radical (unpaired) electrons. The number of rotatable bonds is 1. The third kappa shape index (κ3) is 2.66. The molecule has 0 bridgehead atoms. The molecule has 19 heavy (non-hydrogen) atoms. The van der Waals surface area contributed by atoms with Gasteiger partial charge >= 0.3 is 0 Å². The molecule has 1 N–H and O–H groups in total. The van der Waals surface area contributed by atoms with Gasteiger partial charge < -0.3 is 5.11 Å². The number of benzene rings is 1. The molecule has 1 saturated carbocycles. The Labute approximate surface area is 113 Å². The Morgan fingerprint density at radius 1 is 1.21 bits per heavy atom. The summed E-state index contributed by atoms with van der Waals surface area (Å²) in [6.07, 6.45) is 3.33. The van der Waals surface area contributed by atoms with Crippen molar-refractivity contribution in [1.82, 2.24) is 0 Å². The molecule has 1 nitrogen and oxygen atoms in total. The van der Waals surface area contributed by atoms with Gasteiger partial charge in [-0.2, -0.15) is 0 Å². The summed E-state index contributed by atoms with van der Waals surface area (Å²) < 4.78 is 27.1. The molecule has 2 atom stereocenters. The average molecular weight is 268 g/mol. The van der Waals surface area contributed by atoms with Gasteiger partial charge in [0.1, 0.15) is 11.6 Å². The number of halogens is 2. The lowest BCUT2D eigenvalue weighted by atomic mass is 9.61. The number of hydrogen-bond acceptors (Lipinski definition) is 1.